The maximum absolute atomic E-state index is 10.7. The first-order valence-electron chi connectivity index (χ1n) is 3.95. The van der Waals surface area contributed by atoms with Crippen molar-refractivity contribution in [3.8, 4) is 0 Å². The highest BCUT2D eigenvalue weighted by Crippen LogP contribution is 2.05. The molecule has 70 valence electrons. The van der Waals surface area contributed by atoms with Crippen molar-refractivity contribution in [2.24, 2.45) is 5.92 Å². The van der Waals surface area contributed by atoms with Crippen molar-refractivity contribution in [1.29, 1.82) is 0 Å². The molecule has 12 heavy (non-hydrogen) atoms. The summed E-state index contributed by atoms with van der Waals surface area (Å²) in [6.45, 7) is 3.86. The topological polar surface area (TPSA) is 55.4 Å². The molecule has 0 aromatic rings. The van der Waals surface area contributed by atoms with Crippen molar-refractivity contribution in [2.45, 2.75) is 26.3 Å². The summed E-state index contributed by atoms with van der Waals surface area (Å²) in [5.41, 5.74) is 0. The Kier molecular flexibility index (Phi) is 5.08. The van der Waals surface area contributed by atoms with Gasteiger partial charge in [0, 0.05) is 0 Å². The summed E-state index contributed by atoms with van der Waals surface area (Å²) in [6, 6.07) is -0.442. The fraction of sp³-hybridized carbons (Fsp3) is 0.750. The van der Waals surface area contributed by atoms with E-state index in [1.165, 1.54) is 7.11 Å². The Morgan fingerprint density at radius 1 is 1.67 bits per heavy atom. The zero-order valence-corrected chi connectivity index (χ0v) is 7.66. The maximum atomic E-state index is 10.7. The first-order chi connectivity index (χ1) is 5.65. The molecule has 0 aromatic heterocycles. The van der Waals surface area contributed by atoms with Gasteiger partial charge in [-0.15, -0.1) is 0 Å². The number of carbonyl (C=O) groups excluding carboxylic acids is 2. The van der Waals surface area contributed by atoms with Crippen LogP contribution in [0.5, 0.6) is 0 Å². The third kappa shape index (κ3) is 3.37. The SMILES string of the molecule is CCC(C)C(C=O)NC(=O)OC. The fourth-order valence-corrected chi connectivity index (χ4v) is 0.759. The lowest BCUT2D eigenvalue weighted by atomic mass is 10.0. The largest absolute Gasteiger partial charge is 0.453 e. The van der Waals surface area contributed by atoms with Crippen LogP contribution in [0.3, 0.4) is 0 Å². The first kappa shape index (κ1) is 10.9. The summed E-state index contributed by atoms with van der Waals surface area (Å²) in [7, 11) is 1.27. The smallest absolute Gasteiger partial charge is 0.407 e. The molecule has 4 nitrogen and oxygen atoms in total. The van der Waals surface area contributed by atoms with E-state index in [9.17, 15) is 9.59 Å². The lowest BCUT2D eigenvalue weighted by Gasteiger charge is -2.17. The normalized spacial score (nSPS) is 14.6. The fourth-order valence-electron chi connectivity index (χ4n) is 0.759. The molecule has 0 spiro atoms. The van der Waals surface area contributed by atoms with Crippen LogP contribution in [0.4, 0.5) is 4.79 Å². The molecule has 0 saturated heterocycles. The Morgan fingerprint density at radius 3 is 2.58 bits per heavy atom. The van der Waals surface area contributed by atoms with Crippen molar-refractivity contribution >= 4 is 12.4 Å². The molecule has 0 heterocycles. The average Bonchev–Trinajstić information content (AvgIpc) is 2.12. The maximum Gasteiger partial charge on any atom is 0.407 e. The standard InChI is InChI=1S/C8H15NO3/c1-4-6(2)7(5-10)9-8(11)12-3/h5-7H,4H2,1-3H3,(H,9,11). The van der Waals surface area contributed by atoms with E-state index in [0.29, 0.717) is 0 Å². The van der Waals surface area contributed by atoms with Crippen LogP contribution in [0.2, 0.25) is 0 Å². The van der Waals surface area contributed by atoms with Gasteiger partial charge < -0.3 is 14.8 Å². The summed E-state index contributed by atoms with van der Waals surface area (Å²) in [4.78, 5) is 21.2. The van der Waals surface area contributed by atoms with Gasteiger partial charge >= 0.3 is 6.09 Å². The molecule has 0 aromatic carbocycles. The van der Waals surface area contributed by atoms with Crippen LogP contribution in [-0.2, 0) is 9.53 Å². The number of nitrogens with one attached hydrogen (secondary N) is 1. The van der Waals surface area contributed by atoms with Crippen molar-refractivity contribution in [2.75, 3.05) is 7.11 Å². The molecule has 0 radical (unpaired) electrons. The van der Waals surface area contributed by atoms with E-state index in [1.807, 2.05) is 13.8 Å². The summed E-state index contributed by atoms with van der Waals surface area (Å²) in [6.07, 6.45) is 1.01. The number of rotatable bonds is 4. The van der Waals surface area contributed by atoms with Gasteiger partial charge in [0.2, 0.25) is 0 Å². The molecule has 0 saturated carbocycles. The van der Waals surface area contributed by atoms with Crippen LogP contribution in [0, 0.1) is 5.92 Å². The Bertz CT molecular complexity index is 158. The van der Waals surface area contributed by atoms with Gasteiger partial charge in [-0.05, 0) is 5.92 Å². The lowest BCUT2D eigenvalue weighted by molar-refractivity contribution is -0.110. The number of amides is 1. The van der Waals surface area contributed by atoms with E-state index in [1.54, 1.807) is 0 Å². The molecule has 0 bridgehead atoms. The third-order valence-corrected chi connectivity index (χ3v) is 1.87. The van der Waals surface area contributed by atoms with Gasteiger partial charge in [-0.1, -0.05) is 20.3 Å². The molecule has 0 rings (SSSR count). The highest BCUT2D eigenvalue weighted by molar-refractivity contribution is 5.73. The van der Waals surface area contributed by atoms with Gasteiger partial charge in [0.1, 0.15) is 6.29 Å². The summed E-state index contributed by atoms with van der Waals surface area (Å²) >= 11 is 0. The Balaban J connectivity index is 3.98. The van der Waals surface area contributed by atoms with Gasteiger partial charge in [-0.2, -0.15) is 0 Å². The predicted octanol–water partition coefficient (Wildman–Crippen LogP) is 0.956. The van der Waals surface area contributed by atoms with Gasteiger partial charge in [0.05, 0.1) is 13.2 Å². The number of carbonyl (C=O) groups is 2. The number of hydrogen-bond donors (Lipinski definition) is 1. The number of hydrogen-bond acceptors (Lipinski definition) is 3. The minimum absolute atomic E-state index is 0.140. The third-order valence-electron chi connectivity index (χ3n) is 1.87. The molecule has 0 aliphatic heterocycles. The molecule has 4 heteroatoms. The molecule has 1 amide bonds. The Labute approximate surface area is 72.3 Å². The van der Waals surface area contributed by atoms with Gasteiger partial charge in [-0.25, -0.2) is 4.79 Å². The highest BCUT2D eigenvalue weighted by Gasteiger charge is 2.16. The van der Waals surface area contributed by atoms with E-state index in [4.69, 9.17) is 0 Å². The van der Waals surface area contributed by atoms with Crippen molar-refractivity contribution < 1.29 is 14.3 Å². The van der Waals surface area contributed by atoms with Crippen LogP contribution >= 0.6 is 0 Å². The average molecular weight is 173 g/mol. The lowest BCUT2D eigenvalue weighted by Crippen LogP contribution is -2.40. The molecule has 0 fully saturated rings. The van der Waals surface area contributed by atoms with Crippen LogP contribution < -0.4 is 5.32 Å². The van der Waals surface area contributed by atoms with E-state index < -0.39 is 12.1 Å². The minimum Gasteiger partial charge on any atom is -0.453 e. The summed E-state index contributed by atoms with van der Waals surface area (Å²) in [5, 5.41) is 2.44. The van der Waals surface area contributed by atoms with Crippen molar-refractivity contribution in [3.05, 3.63) is 0 Å². The number of ether oxygens (including phenoxy) is 1. The molecule has 2 unspecified atom stereocenters. The Hall–Kier alpha value is -1.06. The molecule has 0 aliphatic carbocycles. The molecule has 2 atom stereocenters. The van der Waals surface area contributed by atoms with Crippen LogP contribution in [-0.4, -0.2) is 25.5 Å². The zero-order valence-electron chi connectivity index (χ0n) is 7.66. The monoisotopic (exact) mass is 173 g/mol. The number of aldehydes is 1. The second-order valence-electron chi connectivity index (χ2n) is 2.68. The van der Waals surface area contributed by atoms with Gasteiger partial charge in [0.25, 0.3) is 0 Å². The van der Waals surface area contributed by atoms with E-state index >= 15 is 0 Å². The van der Waals surface area contributed by atoms with E-state index in [0.717, 1.165) is 12.7 Å². The minimum atomic E-state index is -0.563. The number of methoxy groups -OCH3 is 1. The van der Waals surface area contributed by atoms with E-state index in [2.05, 4.69) is 10.1 Å². The van der Waals surface area contributed by atoms with Crippen molar-refractivity contribution in [1.82, 2.24) is 5.32 Å². The van der Waals surface area contributed by atoms with E-state index in [-0.39, 0.29) is 5.92 Å². The highest BCUT2D eigenvalue weighted by atomic mass is 16.5. The Morgan fingerprint density at radius 2 is 2.25 bits per heavy atom. The molecular weight excluding hydrogens is 158 g/mol. The second kappa shape index (κ2) is 5.57. The first-order valence-corrected chi connectivity index (χ1v) is 3.95. The number of alkyl carbamates (subject to hydrolysis) is 1. The second-order valence-corrected chi connectivity index (χ2v) is 2.68. The predicted molar refractivity (Wildman–Crippen MR) is 44.8 cm³/mol. The van der Waals surface area contributed by atoms with Crippen LogP contribution in [0.15, 0.2) is 0 Å². The van der Waals surface area contributed by atoms with Gasteiger partial charge in [-0.3, -0.25) is 0 Å². The van der Waals surface area contributed by atoms with Gasteiger partial charge in [0.15, 0.2) is 0 Å². The summed E-state index contributed by atoms with van der Waals surface area (Å²) < 4.78 is 4.37. The quantitative estimate of drug-likeness (QED) is 0.644. The zero-order chi connectivity index (χ0) is 9.56. The molecule has 0 aliphatic rings. The summed E-state index contributed by atoms with van der Waals surface area (Å²) in [5.74, 6) is 0.140. The van der Waals surface area contributed by atoms with Crippen LogP contribution in [0.25, 0.3) is 0 Å². The van der Waals surface area contributed by atoms with Crippen LogP contribution in [0.1, 0.15) is 20.3 Å². The van der Waals surface area contributed by atoms with Crippen molar-refractivity contribution in [3.63, 3.8) is 0 Å². The molecule has 1 N–H and O–H groups in total. The molecular formula is C8H15NO3.